The number of pyridine rings is 1. The Balaban J connectivity index is 2.20. The van der Waals surface area contributed by atoms with Crippen molar-refractivity contribution in [3.8, 4) is 0 Å². The fourth-order valence-corrected chi connectivity index (χ4v) is 2.10. The van der Waals surface area contributed by atoms with Crippen LogP contribution in [0.2, 0.25) is 0 Å². The highest BCUT2D eigenvalue weighted by atomic mass is 16.2. The van der Waals surface area contributed by atoms with Crippen molar-refractivity contribution in [3.63, 3.8) is 0 Å². The molecule has 5 nitrogen and oxygen atoms in total. The summed E-state index contributed by atoms with van der Waals surface area (Å²) < 4.78 is 0. The van der Waals surface area contributed by atoms with Gasteiger partial charge in [0.2, 0.25) is 5.91 Å². The highest BCUT2D eigenvalue weighted by Gasteiger charge is 2.19. The van der Waals surface area contributed by atoms with Gasteiger partial charge in [-0.3, -0.25) is 9.78 Å². The van der Waals surface area contributed by atoms with E-state index in [1.807, 2.05) is 45.9 Å². The monoisotopic (exact) mass is 286 g/mol. The minimum Gasteiger partial charge on any atom is -0.397 e. The molecule has 1 amide bonds. The number of rotatable bonds is 3. The SMILES string of the molecule is CC(Nc1ccc2cnccc2c1N)C(=O)NC(C)(C)C. The van der Waals surface area contributed by atoms with E-state index >= 15 is 0 Å². The van der Waals surface area contributed by atoms with Gasteiger partial charge in [-0.1, -0.05) is 6.07 Å². The Morgan fingerprint density at radius 2 is 2.00 bits per heavy atom. The molecule has 1 aromatic heterocycles. The van der Waals surface area contributed by atoms with E-state index in [4.69, 9.17) is 5.73 Å². The summed E-state index contributed by atoms with van der Waals surface area (Å²) in [6.07, 6.45) is 3.48. The molecule has 0 saturated heterocycles. The predicted molar refractivity (Wildman–Crippen MR) is 87.1 cm³/mol. The largest absolute Gasteiger partial charge is 0.397 e. The number of amides is 1. The van der Waals surface area contributed by atoms with E-state index in [9.17, 15) is 4.79 Å². The first-order valence-electron chi connectivity index (χ1n) is 6.99. The number of hydrogen-bond donors (Lipinski definition) is 3. The Morgan fingerprint density at radius 1 is 1.29 bits per heavy atom. The molecule has 0 spiro atoms. The number of nitrogen functional groups attached to an aromatic ring is 1. The third-order valence-corrected chi connectivity index (χ3v) is 3.13. The first kappa shape index (κ1) is 15.1. The number of fused-ring (bicyclic) bond motifs is 1. The number of carbonyl (C=O) groups excluding carboxylic acids is 1. The van der Waals surface area contributed by atoms with Crippen molar-refractivity contribution in [2.75, 3.05) is 11.1 Å². The lowest BCUT2D eigenvalue weighted by molar-refractivity contribution is -0.122. The summed E-state index contributed by atoms with van der Waals surface area (Å²) in [6, 6.07) is 5.32. The molecule has 5 heteroatoms. The zero-order valence-electron chi connectivity index (χ0n) is 12.9. The topological polar surface area (TPSA) is 80.0 Å². The highest BCUT2D eigenvalue weighted by Crippen LogP contribution is 2.28. The fourth-order valence-electron chi connectivity index (χ4n) is 2.10. The van der Waals surface area contributed by atoms with Gasteiger partial charge in [0.05, 0.1) is 11.4 Å². The number of carbonyl (C=O) groups is 1. The van der Waals surface area contributed by atoms with Crippen LogP contribution in [-0.2, 0) is 4.79 Å². The molecule has 1 heterocycles. The maximum absolute atomic E-state index is 12.1. The van der Waals surface area contributed by atoms with Gasteiger partial charge in [-0.25, -0.2) is 0 Å². The molecule has 1 unspecified atom stereocenters. The first-order valence-corrected chi connectivity index (χ1v) is 6.99. The molecule has 0 radical (unpaired) electrons. The quantitative estimate of drug-likeness (QED) is 0.757. The van der Waals surface area contributed by atoms with Crippen LogP contribution in [0.5, 0.6) is 0 Å². The lowest BCUT2D eigenvalue weighted by atomic mass is 10.1. The molecule has 0 aliphatic heterocycles. The molecule has 0 aliphatic rings. The summed E-state index contributed by atoms with van der Waals surface area (Å²) in [5, 5.41) is 8.02. The maximum atomic E-state index is 12.1. The van der Waals surface area contributed by atoms with Gasteiger partial charge in [0.25, 0.3) is 0 Å². The van der Waals surface area contributed by atoms with E-state index in [0.717, 1.165) is 16.5 Å². The normalized spacial score (nSPS) is 13.0. The smallest absolute Gasteiger partial charge is 0.242 e. The lowest BCUT2D eigenvalue weighted by Crippen LogP contribution is -2.47. The van der Waals surface area contributed by atoms with Crippen LogP contribution in [0.1, 0.15) is 27.7 Å². The molecule has 0 saturated carbocycles. The lowest BCUT2D eigenvalue weighted by Gasteiger charge is -2.24. The van der Waals surface area contributed by atoms with E-state index in [1.54, 1.807) is 12.4 Å². The van der Waals surface area contributed by atoms with Gasteiger partial charge in [-0.05, 0) is 39.8 Å². The molecule has 21 heavy (non-hydrogen) atoms. The molecule has 2 aromatic rings. The predicted octanol–water partition coefficient (Wildman–Crippen LogP) is 2.53. The number of nitrogens with two attached hydrogens (primary N) is 1. The summed E-state index contributed by atoms with van der Waals surface area (Å²) >= 11 is 0. The molecule has 0 aliphatic carbocycles. The molecule has 1 atom stereocenters. The third kappa shape index (κ3) is 3.62. The summed E-state index contributed by atoms with van der Waals surface area (Å²) in [5.74, 6) is -0.0586. The van der Waals surface area contributed by atoms with Crippen LogP contribution < -0.4 is 16.4 Å². The van der Waals surface area contributed by atoms with Gasteiger partial charge in [-0.15, -0.1) is 0 Å². The van der Waals surface area contributed by atoms with Crippen molar-refractivity contribution in [2.24, 2.45) is 0 Å². The fraction of sp³-hybridized carbons (Fsp3) is 0.375. The van der Waals surface area contributed by atoms with E-state index in [2.05, 4.69) is 15.6 Å². The van der Waals surface area contributed by atoms with Crippen molar-refractivity contribution in [1.29, 1.82) is 0 Å². The van der Waals surface area contributed by atoms with Gasteiger partial charge in [0, 0.05) is 28.7 Å². The molecule has 1 aromatic carbocycles. The van der Waals surface area contributed by atoms with Gasteiger partial charge < -0.3 is 16.4 Å². The van der Waals surface area contributed by atoms with Crippen LogP contribution in [0, 0.1) is 0 Å². The van der Waals surface area contributed by atoms with E-state index in [0.29, 0.717) is 5.69 Å². The second kappa shape index (κ2) is 5.60. The standard InChI is InChI=1S/C16H22N4O/c1-10(15(21)20-16(2,3)4)19-13-6-5-11-9-18-8-7-12(11)14(13)17/h5-10,19H,17H2,1-4H3,(H,20,21). The second-order valence-corrected chi connectivity index (χ2v) is 6.23. The zero-order chi connectivity index (χ0) is 15.6. The van der Waals surface area contributed by atoms with Crippen molar-refractivity contribution in [2.45, 2.75) is 39.3 Å². The van der Waals surface area contributed by atoms with E-state index in [1.165, 1.54) is 0 Å². The molecule has 0 fully saturated rings. The minimum absolute atomic E-state index is 0.0586. The van der Waals surface area contributed by atoms with Gasteiger partial charge >= 0.3 is 0 Å². The zero-order valence-corrected chi connectivity index (χ0v) is 12.9. The Hall–Kier alpha value is -2.30. The molecule has 0 bridgehead atoms. The number of nitrogens with one attached hydrogen (secondary N) is 2. The molecule has 2 rings (SSSR count). The van der Waals surface area contributed by atoms with Crippen LogP contribution in [0.25, 0.3) is 10.8 Å². The summed E-state index contributed by atoms with van der Waals surface area (Å²) in [6.45, 7) is 7.68. The summed E-state index contributed by atoms with van der Waals surface area (Å²) in [5.41, 5.74) is 7.30. The van der Waals surface area contributed by atoms with Gasteiger partial charge in [-0.2, -0.15) is 0 Å². The number of aromatic nitrogens is 1. The summed E-state index contributed by atoms with van der Waals surface area (Å²) in [7, 11) is 0. The van der Waals surface area contributed by atoms with Crippen LogP contribution >= 0.6 is 0 Å². The van der Waals surface area contributed by atoms with Crippen molar-refractivity contribution < 1.29 is 4.79 Å². The molecular weight excluding hydrogens is 264 g/mol. The van der Waals surface area contributed by atoms with Crippen LogP contribution in [-0.4, -0.2) is 22.5 Å². The Labute approximate surface area is 124 Å². The Kier molecular flexibility index (Phi) is 4.02. The highest BCUT2D eigenvalue weighted by molar-refractivity contribution is 5.99. The maximum Gasteiger partial charge on any atom is 0.242 e. The van der Waals surface area contributed by atoms with Crippen molar-refractivity contribution >= 4 is 28.1 Å². The molecular formula is C16H22N4O. The Bertz CT molecular complexity index is 661. The average molecular weight is 286 g/mol. The third-order valence-electron chi connectivity index (χ3n) is 3.13. The van der Waals surface area contributed by atoms with Gasteiger partial charge in [0.1, 0.15) is 6.04 Å². The Morgan fingerprint density at radius 3 is 2.67 bits per heavy atom. The second-order valence-electron chi connectivity index (χ2n) is 6.23. The number of anilines is 2. The van der Waals surface area contributed by atoms with Crippen LogP contribution in [0.3, 0.4) is 0 Å². The first-order chi connectivity index (χ1) is 9.78. The number of nitrogens with zero attached hydrogens (tertiary/aromatic N) is 1. The van der Waals surface area contributed by atoms with Crippen molar-refractivity contribution in [1.82, 2.24) is 10.3 Å². The minimum atomic E-state index is -0.370. The van der Waals surface area contributed by atoms with E-state index in [-0.39, 0.29) is 17.5 Å². The van der Waals surface area contributed by atoms with Gasteiger partial charge in [0.15, 0.2) is 0 Å². The van der Waals surface area contributed by atoms with Crippen LogP contribution in [0.15, 0.2) is 30.6 Å². The average Bonchev–Trinajstić information content (AvgIpc) is 2.40. The molecule has 4 N–H and O–H groups in total. The summed E-state index contributed by atoms with van der Waals surface area (Å²) in [4.78, 5) is 16.2. The molecule has 112 valence electrons. The number of hydrogen-bond acceptors (Lipinski definition) is 4. The number of benzene rings is 1. The van der Waals surface area contributed by atoms with Crippen LogP contribution in [0.4, 0.5) is 11.4 Å². The van der Waals surface area contributed by atoms with Crippen molar-refractivity contribution in [3.05, 3.63) is 30.6 Å². The van der Waals surface area contributed by atoms with E-state index < -0.39 is 0 Å².